The first kappa shape index (κ1) is 7.87. The molecule has 0 aromatic rings. The quantitative estimate of drug-likeness (QED) is 0.539. The van der Waals surface area contributed by atoms with Gasteiger partial charge in [-0.25, -0.2) is 0 Å². The molecule has 1 atom stereocenters. The fourth-order valence-corrected chi connectivity index (χ4v) is 1.43. The van der Waals surface area contributed by atoms with Gasteiger partial charge in [0.05, 0.1) is 5.38 Å². The molecule has 0 bridgehead atoms. The fourth-order valence-electron chi connectivity index (χ4n) is 1.16. The van der Waals surface area contributed by atoms with E-state index in [-0.39, 0.29) is 5.38 Å². The zero-order valence-corrected chi connectivity index (χ0v) is 7.06. The zero-order valence-electron chi connectivity index (χ0n) is 6.31. The zero-order chi connectivity index (χ0) is 7.40. The van der Waals surface area contributed by atoms with Gasteiger partial charge < -0.3 is 0 Å². The Morgan fingerprint density at radius 2 is 2.50 bits per heavy atom. The number of rotatable bonds is 2. The summed E-state index contributed by atoms with van der Waals surface area (Å²) >= 11 is 5.92. The van der Waals surface area contributed by atoms with Gasteiger partial charge in [-0.05, 0) is 12.8 Å². The molecule has 0 amide bonds. The molecule has 0 saturated carbocycles. The summed E-state index contributed by atoms with van der Waals surface area (Å²) in [7, 11) is 0. The van der Waals surface area contributed by atoms with Crippen molar-refractivity contribution in [3.05, 3.63) is 23.8 Å². The largest absolute Gasteiger partial charge is 0.118 e. The first-order valence-corrected chi connectivity index (χ1v) is 4.28. The molecule has 1 aliphatic carbocycles. The van der Waals surface area contributed by atoms with Crippen molar-refractivity contribution in [3.63, 3.8) is 0 Å². The second-order valence-electron chi connectivity index (χ2n) is 2.65. The molecule has 0 aromatic carbocycles. The number of hydrogen-bond donors (Lipinski definition) is 0. The monoisotopic (exact) mass is 156 g/mol. The van der Waals surface area contributed by atoms with Crippen molar-refractivity contribution >= 4 is 11.6 Å². The Kier molecular flexibility index (Phi) is 3.01. The normalized spacial score (nSPS) is 24.6. The van der Waals surface area contributed by atoms with Gasteiger partial charge in [-0.3, -0.25) is 0 Å². The predicted molar refractivity (Wildman–Crippen MR) is 46.4 cm³/mol. The number of hydrogen-bond acceptors (Lipinski definition) is 0. The molecular formula is C9H13Cl. The molecule has 1 aliphatic rings. The molecular weight excluding hydrogens is 144 g/mol. The van der Waals surface area contributed by atoms with Crippen LogP contribution < -0.4 is 0 Å². The van der Waals surface area contributed by atoms with Crippen LogP contribution in [0.15, 0.2) is 23.8 Å². The Labute approximate surface area is 67.6 Å². The van der Waals surface area contributed by atoms with Gasteiger partial charge in [0, 0.05) is 0 Å². The van der Waals surface area contributed by atoms with Crippen LogP contribution in [0.3, 0.4) is 0 Å². The summed E-state index contributed by atoms with van der Waals surface area (Å²) < 4.78 is 0. The van der Waals surface area contributed by atoms with Crippen molar-refractivity contribution in [2.24, 2.45) is 0 Å². The van der Waals surface area contributed by atoms with Crippen LogP contribution in [0.25, 0.3) is 0 Å². The van der Waals surface area contributed by atoms with Gasteiger partial charge in [-0.15, -0.1) is 11.6 Å². The van der Waals surface area contributed by atoms with Gasteiger partial charge >= 0.3 is 0 Å². The van der Waals surface area contributed by atoms with Crippen LogP contribution in [0.1, 0.15) is 26.2 Å². The summed E-state index contributed by atoms with van der Waals surface area (Å²) in [5.41, 5.74) is 1.40. The maximum absolute atomic E-state index is 5.92. The van der Waals surface area contributed by atoms with Crippen molar-refractivity contribution in [1.29, 1.82) is 0 Å². The van der Waals surface area contributed by atoms with E-state index in [1.54, 1.807) is 0 Å². The summed E-state index contributed by atoms with van der Waals surface area (Å²) in [6.07, 6.45) is 9.87. The summed E-state index contributed by atoms with van der Waals surface area (Å²) in [4.78, 5) is 0. The minimum Gasteiger partial charge on any atom is -0.118 e. The summed E-state index contributed by atoms with van der Waals surface area (Å²) in [5.74, 6) is 0. The third kappa shape index (κ3) is 2.18. The average molecular weight is 157 g/mol. The third-order valence-electron chi connectivity index (χ3n) is 1.63. The lowest BCUT2D eigenvalue weighted by Crippen LogP contribution is -1.97. The van der Waals surface area contributed by atoms with Crippen molar-refractivity contribution in [1.82, 2.24) is 0 Å². The number of allylic oxidation sites excluding steroid dienone is 4. The van der Waals surface area contributed by atoms with E-state index in [4.69, 9.17) is 11.6 Å². The number of halogens is 1. The average Bonchev–Trinajstić information content (AvgIpc) is 1.88. The van der Waals surface area contributed by atoms with Crippen LogP contribution in [-0.4, -0.2) is 5.38 Å². The minimum absolute atomic E-state index is 0.242. The van der Waals surface area contributed by atoms with Crippen LogP contribution in [0.5, 0.6) is 0 Å². The lowest BCUT2D eigenvalue weighted by molar-refractivity contribution is 0.896. The molecule has 0 spiro atoms. The van der Waals surface area contributed by atoms with Crippen molar-refractivity contribution < 1.29 is 0 Å². The van der Waals surface area contributed by atoms with E-state index in [0.29, 0.717) is 0 Å². The third-order valence-corrected chi connectivity index (χ3v) is 1.93. The highest BCUT2D eigenvalue weighted by molar-refractivity contribution is 6.22. The Balaban J connectivity index is 2.49. The topological polar surface area (TPSA) is 0 Å². The molecule has 0 heterocycles. The summed E-state index contributed by atoms with van der Waals surface area (Å²) in [6, 6.07) is 0. The maximum Gasteiger partial charge on any atom is 0.0556 e. The molecule has 0 aromatic heterocycles. The lowest BCUT2D eigenvalue weighted by Gasteiger charge is -2.09. The SMILES string of the molecule is CCCC1=CC(Cl)CC=C1. The molecule has 10 heavy (non-hydrogen) atoms. The smallest absolute Gasteiger partial charge is 0.0556 e. The van der Waals surface area contributed by atoms with Crippen molar-refractivity contribution in [2.45, 2.75) is 31.6 Å². The Bertz CT molecular complexity index is 156. The minimum atomic E-state index is 0.242. The van der Waals surface area contributed by atoms with Gasteiger partial charge in [0.2, 0.25) is 0 Å². The van der Waals surface area contributed by atoms with Gasteiger partial charge in [0.1, 0.15) is 0 Å². The first-order valence-electron chi connectivity index (χ1n) is 3.84. The summed E-state index contributed by atoms with van der Waals surface area (Å²) in [5, 5.41) is 0.242. The number of alkyl halides is 1. The van der Waals surface area contributed by atoms with Gasteiger partial charge in [0.25, 0.3) is 0 Å². The van der Waals surface area contributed by atoms with Crippen LogP contribution in [0.2, 0.25) is 0 Å². The Morgan fingerprint density at radius 1 is 1.70 bits per heavy atom. The molecule has 0 nitrogen and oxygen atoms in total. The molecule has 1 heteroatoms. The fraction of sp³-hybridized carbons (Fsp3) is 0.556. The molecule has 0 radical (unpaired) electrons. The molecule has 0 aliphatic heterocycles. The predicted octanol–water partition coefficient (Wildman–Crippen LogP) is 3.28. The highest BCUT2D eigenvalue weighted by Gasteiger charge is 2.03. The maximum atomic E-state index is 5.92. The van der Waals surface area contributed by atoms with Gasteiger partial charge in [0.15, 0.2) is 0 Å². The molecule has 0 fully saturated rings. The first-order chi connectivity index (χ1) is 4.83. The molecule has 0 N–H and O–H groups in total. The molecule has 1 unspecified atom stereocenters. The van der Waals surface area contributed by atoms with Crippen LogP contribution in [0, 0.1) is 0 Å². The lowest BCUT2D eigenvalue weighted by atomic mass is 10.0. The van der Waals surface area contributed by atoms with Crippen LogP contribution in [0.4, 0.5) is 0 Å². The standard InChI is InChI=1S/C9H13Cl/c1-2-4-8-5-3-6-9(10)7-8/h3,5,7,9H,2,4,6H2,1H3. The van der Waals surface area contributed by atoms with Crippen molar-refractivity contribution in [3.8, 4) is 0 Å². The summed E-state index contributed by atoms with van der Waals surface area (Å²) in [6.45, 7) is 2.19. The van der Waals surface area contributed by atoms with E-state index in [2.05, 4.69) is 25.2 Å². The molecule has 1 rings (SSSR count). The highest BCUT2D eigenvalue weighted by atomic mass is 35.5. The van der Waals surface area contributed by atoms with E-state index in [1.807, 2.05) is 0 Å². The second-order valence-corrected chi connectivity index (χ2v) is 3.21. The Morgan fingerprint density at radius 3 is 3.10 bits per heavy atom. The second kappa shape index (κ2) is 3.82. The van der Waals surface area contributed by atoms with E-state index >= 15 is 0 Å². The highest BCUT2D eigenvalue weighted by Crippen LogP contribution is 2.18. The van der Waals surface area contributed by atoms with E-state index in [1.165, 1.54) is 18.4 Å². The van der Waals surface area contributed by atoms with E-state index in [0.717, 1.165) is 6.42 Å². The Hall–Kier alpha value is -0.230. The van der Waals surface area contributed by atoms with Gasteiger partial charge in [-0.2, -0.15) is 0 Å². The molecule has 0 saturated heterocycles. The van der Waals surface area contributed by atoms with Crippen LogP contribution >= 0.6 is 11.6 Å². The van der Waals surface area contributed by atoms with E-state index in [9.17, 15) is 0 Å². The van der Waals surface area contributed by atoms with Crippen LogP contribution in [-0.2, 0) is 0 Å². The van der Waals surface area contributed by atoms with Crippen molar-refractivity contribution in [2.75, 3.05) is 0 Å². The van der Waals surface area contributed by atoms with Gasteiger partial charge in [-0.1, -0.05) is 37.1 Å². The molecule has 56 valence electrons. The van der Waals surface area contributed by atoms with E-state index < -0.39 is 0 Å².